The maximum absolute atomic E-state index is 11.9. The van der Waals surface area contributed by atoms with Gasteiger partial charge in [0.25, 0.3) is 0 Å². The third kappa shape index (κ3) is 4.46. The van der Waals surface area contributed by atoms with Crippen LogP contribution < -0.4 is 14.8 Å². The number of aliphatic hydroxyl groups is 1. The number of hydrogen-bond acceptors (Lipinski definition) is 5. The summed E-state index contributed by atoms with van der Waals surface area (Å²) < 4.78 is 10.4. The van der Waals surface area contributed by atoms with Crippen molar-refractivity contribution >= 4 is 11.7 Å². The number of rotatable bonds is 7. The van der Waals surface area contributed by atoms with Gasteiger partial charge in [0.05, 0.1) is 20.3 Å². The van der Waals surface area contributed by atoms with Crippen LogP contribution in [0.25, 0.3) is 0 Å². The van der Waals surface area contributed by atoms with Gasteiger partial charge in [-0.25, -0.2) is 0 Å². The molecule has 2 rings (SSSR count). The molecule has 1 atom stereocenters. The standard InChI is InChI=1S/C16H21N3O4/c1-10-8-15(19-18-10)17-16(21)7-6-13(20)12-5-4-11(22-2)9-14(12)23-3/h4-5,8-9,13,20H,6-7H2,1-3H3,(H2,17,18,19,21). The Hall–Kier alpha value is -2.54. The predicted octanol–water partition coefficient (Wildman–Crippen LogP) is 2.19. The van der Waals surface area contributed by atoms with E-state index in [2.05, 4.69) is 15.5 Å². The topological polar surface area (TPSA) is 96.5 Å². The van der Waals surface area contributed by atoms with Crippen LogP contribution in [0.1, 0.15) is 30.2 Å². The summed E-state index contributed by atoms with van der Waals surface area (Å²) in [6, 6.07) is 6.91. The quantitative estimate of drug-likeness (QED) is 0.727. The zero-order valence-corrected chi connectivity index (χ0v) is 13.4. The Balaban J connectivity index is 1.93. The van der Waals surface area contributed by atoms with Crippen molar-refractivity contribution in [3.63, 3.8) is 0 Å². The zero-order chi connectivity index (χ0) is 16.8. The molecule has 1 unspecified atom stereocenters. The van der Waals surface area contributed by atoms with Gasteiger partial charge >= 0.3 is 0 Å². The van der Waals surface area contributed by atoms with Crippen molar-refractivity contribution in [2.24, 2.45) is 0 Å². The van der Waals surface area contributed by atoms with Gasteiger partial charge < -0.3 is 19.9 Å². The van der Waals surface area contributed by atoms with E-state index in [0.717, 1.165) is 5.69 Å². The van der Waals surface area contributed by atoms with E-state index in [1.807, 2.05) is 6.92 Å². The molecule has 23 heavy (non-hydrogen) atoms. The first-order valence-electron chi connectivity index (χ1n) is 7.25. The van der Waals surface area contributed by atoms with E-state index in [4.69, 9.17) is 9.47 Å². The first-order valence-corrected chi connectivity index (χ1v) is 7.25. The summed E-state index contributed by atoms with van der Waals surface area (Å²) in [4.78, 5) is 11.9. The SMILES string of the molecule is COc1ccc(C(O)CCC(=O)Nc2cc(C)[nH]n2)c(OC)c1. The number of aryl methyl sites for hydroxylation is 1. The Bertz CT molecular complexity index is 669. The number of aromatic nitrogens is 2. The molecule has 0 aliphatic heterocycles. The number of ether oxygens (including phenoxy) is 2. The molecular formula is C16H21N3O4. The van der Waals surface area contributed by atoms with Crippen LogP contribution in [0.2, 0.25) is 0 Å². The number of carbonyl (C=O) groups excluding carboxylic acids is 1. The maximum atomic E-state index is 11.9. The minimum Gasteiger partial charge on any atom is -0.497 e. The molecule has 124 valence electrons. The highest BCUT2D eigenvalue weighted by Gasteiger charge is 2.16. The van der Waals surface area contributed by atoms with E-state index in [9.17, 15) is 9.90 Å². The molecule has 0 fully saturated rings. The van der Waals surface area contributed by atoms with E-state index in [1.54, 1.807) is 31.4 Å². The van der Waals surface area contributed by atoms with E-state index in [-0.39, 0.29) is 18.7 Å². The Morgan fingerprint density at radius 1 is 1.35 bits per heavy atom. The fourth-order valence-electron chi connectivity index (χ4n) is 2.20. The number of aromatic amines is 1. The molecule has 0 saturated carbocycles. The number of benzene rings is 1. The highest BCUT2D eigenvalue weighted by Crippen LogP contribution is 2.31. The molecule has 7 nitrogen and oxygen atoms in total. The Morgan fingerprint density at radius 2 is 2.13 bits per heavy atom. The van der Waals surface area contributed by atoms with Crippen molar-refractivity contribution in [1.82, 2.24) is 10.2 Å². The van der Waals surface area contributed by atoms with Crippen molar-refractivity contribution < 1.29 is 19.4 Å². The van der Waals surface area contributed by atoms with Crippen molar-refractivity contribution in [2.75, 3.05) is 19.5 Å². The number of aliphatic hydroxyl groups excluding tert-OH is 1. The van der Waals surface area contributed by atoms with E-state index in [1.165, 1.54) is 7.11 Å². The minimum absolute atomic E-state index is 0.169. The lowest BCUT2D eigenvalue weighted by molar-refractivity contribution is -0.116. The van der Waals surface area contributed by atoms with Crippen molar-refractivity contribution in [3.05, 3.63) is 35.5 Å². The summed E-state index contributed by atoms with van der Waals surface area (Å²) in [6.45, 7) is 1.85. The molecule has 0 aliphatic carbocycles. The largest absolute Gasteiger partial charge is 0.497 e. The number of nitrogens with zero attached hydrogens (tertiary/aromatic N) is 1. The first kappa shape index (κ1) is 16.8. The molecule has 1 aromatic carbocycles. The monoisotopic (exact) mass is 319 g/mol. The van der Waals surface area contributed by atoms with Gasteiger partial charge in [-0.2, -0.15) is 5.10 Å². The van der Waals surface area contributed by atoms with Gasteiger partial charge in [-0.1, -0.05) is 0 Å². The van der Waals surface area contributed by atoms with Crippen LogP contribution in [-0.4, -0.2) is 35.4 Å². The molecule has 0 spiro atoms. The number of H-pyrrole nitrogens is 1. The minimum atomic E-state index is -0.803. The van der Waals surface area contributed by atoms with Gasteiger partial charge in [-0.15, -0.1) is 0 Å². The van der Waals surface area contributed by atoms with E-state index in [0.29, 0.717) is 22.9 Å². The Morgan fingerprint density at radius 3 is 2.74 bits per heavy atom. The highest BCUT2D eigenvalue weighted by atomic mass is 16.5. The number of carbonyl (C=O) groups is 1. The molecule has 2 aromatic rings. The van der Waals surface area contributed by atoms with E-state index >= 15 is 0 Å². The van der Waals surface area contributed by atoms with Crippen LogP contribution in [0.15, 0.2) is 24.3 Å². The van der Waals surface area contributed by atoms with Crippen LogP contribution in [0.4, 0.5) is 5.82 Å². The second-order valence-electron chi connectivity index (χ2n) is 5.15. The Kier molecular flexibility index (Phi) is 5.59. The lowest BCUT2D eigenvalue weighted by atomic mass is 10.0. The molecule has 0 bridgehead atoms. The number of nitrogens with one attached hydrogen (secondary N) is 2. The van der Waals surface area contributed by atoms with Gasteiger partial charge in [-0.05, 0) is 25.5 Å². The number of amides is 1. The molecule has 0 saturated heterocycles. The summed E-state index contributed by atoms with van der Waals surface area (Å²) in [5.74, 6) is 1.44. The summed E-state index contributed by atoms with van der Waals surface area (Å²) in [5.41, 5.74) is 1.49. The summed E-state index contributed by atoms with van der Waals surface area (Å²) in [6.07, 6.45) is -0.359. The van der Waals surface area contributed by atoms with Crippen LogP contribution in [0.3, 0.4) is 0 Å². The predicted molar refractivity (Wildman–Crippen MR) is 85.7 cm³/mol. The normalized spacial score (nSPS) is 11.8. The van der Waals surface area contributed by atoms with Crippen LogP contribution in [0.5, 0.6) is 11.5 Å². The lowest BCUT2D eigenvalue weighted by Crippen LogP contribution is -2.13. The number of anilines is 1. The fraction of sp³-hybridized carbons (Fsp3) is 0.375. The molecule has 0 aliphatic rings. The summed E-state index contributed by atoms with van der Waals surface area (Å²) >= 11 is 0. The van der Waals surface area contributed by atoms with Gasteiger partial charge in [0.2, 0.25) is 5.91 Å². The average molecular weight is 319 g/mol. The summed E-state index contributed by atoms with van der Waals surface area (Å²) in [5, 5.41) is 19.6. The third-order valence-corrected chi connectivity index (χ3v) is 3.42. The second-order valence-corrected chi connectivity index (χ2v) is 5.15. The molecule has 1 amide bonds. The molecule has 3 N–H and O–H groups in total. The third-order valence-electron chi connectivity index (χ3n) is 3.42. The van der Waals surface area contributed by atoms with Gasteiger partial charge in [0.15, 0.2) is 5.82 Å². The second kappa shape index (κ2) is 7.64. The lowest BCUT2D eigenvalue weighted by Gasteiger charge is -2.15. The molecular weight excluding hydrogens is 298 g/mol. The number of hydrogen-bond donors (Lipinski definition) is 3. The van der Waals surface area contributed by atoms with Crippen LogP contribution >= 0.6 is 0 Å². The zero-order valence-electron chi connectivity index (χ0n) is 13.4. The van der Waals surface area contributed by atoms with Crippen LogP contribution in [-0.2, 0) is 4.79 Å². The van der Waals surface area contributed by atoms with E-state index < -0.39 is 6.10 Å². The van der Waals surface area contributed by atoms with Crippen molar-refractivity contribution in [3.8, 4) is 11.5 Å². The first-order chi connectivity index (χ1) is 11.0. The van der Waals surface area contributed by atoms with Crippen molar-refractivity contribution in [2.45, 2.75) is 25.9 Å². The molecule has 1 aromatic heterocycles. The smallest absolute Gasteiger partial charge is 0.225 e. The average Bonchev–Trinajstić information content (AvgIpc) is 2.96. The van der Waals surface area contributed by atoms with Gasteiger partial charge in [0, 0.05) is 29.8 Å². The fourth-order valence-corrected chi connectivity index (χ4v) is 2.20. The van der Waals surface area contributed by atoms with Crippen LogP contribution in [0, 0.1) is 6.92 Å². The van der Waals surface area contributed by atoms with Gasteiger partial charge in [-0.3, -0.25) is 9.89 Å². The van der Waals surface area contributed by atoms with Crippen molar-refractivity contribution in [1.29, 1.82) is 0 Å². The number of methoxy groups -OCH3 is 2. The maximum Gasteiger partial charge on any atom is 0.225 e. The highest BCUT2D eigenvalue weighted by molar-refractivity contribution is 5.89. The Labute approximate surface area is 134 Å². The molecule has 0 radical (unpaired) electrons. The molecule has 1 heterocycles. The summed E-state index contributed by atoms with van der Waals surface area (Å²) in [7, 11) is 3.09. The molecule has 7 heteroatoms. The van der Waals surface area contributed by atoms with Gasteiger partial charge in [0.1, 0.15) is 11.5 Å².